The molecule has 1 heterocycles. The summed E-state index contributed by atoms with van der Waals surface area (Å²) >= 11 is 0. The molecule has 0 spiro atoms. The van der Waals surface area contributed by atoms with E-state index in [1.165, 1.54) is 5.39 Å². The smallest absolute Gasteiger partial charge is 0.308 e. The van der Waals surface area contributed by atoms with Gasteiger partial charge in [-0.15, -0.1) is 0 Å². The number of para-hydroxylation sites is 1. The van der Waals surface area contributed by atoms with Crippen LogP contribution in [0.3, 0.4) is 0 Å². The zero-order valence-electron chi connectivity index (χ0n) is 14.9. The lowest BCUT2D eigenvalue weighted by atomic mass is 9.74. The number of benzene rings is 1. The summed E-state index contributed by atoms with van der Waals surface area (Å²) in [7, 11) is 2.01. The topological polar surface area (TPSA) is 71.3 Å². The molecule has 5 heteroatoms. The van der Waals surface area contributed by atoms with Crippen LogP contribution in [0.4, 0.5) is 0 Å². The van der Waals surface area contributed by atoms with Crippen LogP contribution in [0.25, 0.3) is 10.9 Å². The molecule has 1 fully saturated rings. The highest BCUT2D eigenvalue weighted by Crippen LogP contribution is 2.34. The van der Waals surface area contributed by atoms with Crippen molar-refractivity contribution in [3.63, 3.8) is 0 Å². The Labute approximate surface area is 148 Å². The predicted molar refractivity (Wildman–Crippen MR) is 97.4 cm³/mol. The molecule has 134 valence electrons. The van der Waals surface area contributed by atoms with Crippen molar-refractivity contribution < 1.29 is 14.7 Å². The number of amides is 1. The lowest BCUT2D eigenvalue weighted by molar-refractivity contribution is -0.146. The summed E-state index contributed by atoms with van der Waals surface area (Å²) in [4.78, 5) is 24.0. The Morgan fingerprint density at radius 2 is 2.08 bits per heavy atom. The van der Waals surface area contributed by atoms with E-state index in [2.05, 4.69) is 28.2 Å². The second-order valence-electron chi connectivity index (χ2n) is 7.38. The monoisotopic (exact) mass is 342 g/mol. The third-order valence-electron chi connectivity index (χ3n) is 5.53. The van der Waals surface area contributed by atoms with Crippen LogP contribution in [0.15, 0.2) is 30.5 Å². The number of carboxylic acids is 1. The van der Waals surface area contributed by atoms with Crippen molar-refractivity contribution in [1.29, 1.82) is 0 Å². The molecular formula is C20H26N2O3. The maximum Gasteiger partial charge on any atom is 0.308 e. The van der Waals surface area contributed by atoms with Gasteiger partial charge in [0, 0.05) is 30.6 Å². The molecule has 2 atom stereocenters. The van der Waals surface area contributed by atoms with Gasteiger partial charge in [0.25, 0.3) is 0 Å². The fourth-order valence-corrected chi connectivity index (χ4v) is 4.13. The summed E-state index contributed by atoms with van der Waals surface area (Å²) < 4.78 is 2.07. The molecule has 2 unspecified atom stereocenters. The minimum atomic E-state index is -0.809. The molecule has 1 aliphatic rings. The van der Waals surface area contributed by atoms with Crippen molar-refractivity contribution in [3.8, 4) is 0 Å². The minimum Gasteiger partial charge on any atom is -0.481 e. The highest BCUT2D eigenvalue weighted by Gasteiger charge is 2.42. The minimum absolute atomic E-state index is 0.0661. The fourth-order valence-electron chi connectivity index (χ4n) is 4.13. The van der Waals surface area contributed by atoms with Gasteiger partial charge in [-0.3, -0.25) is 9.59 Å². The lowest BCUT2D eigenvalue weighted by Gasteiger charge is -2.39. The maximum absolute atomic E-state index is 12.5. The van der Waals surface area contributed by atoms with Gasteiger partial charge in [-0.2, -0.15) is 0 Å². The maximum atomic E-state index is 12.5. The summed E-state index contributed by atoms with van der Waals surface area (Å²) in [6.45, 7) is 1.88. The third-order valence-corrected chi connectivity index (χ3v) is 5.53. The molecule has 1 aromatic heterocycles. The molecule has 0 saturated heterocycles. The van der Waals surface area contributed by atoms with Crippen LogP contribution < -0.4 is 5.32 Å². The van der Waals surface area contributed by atoms with E-state index in [4.69, 9.17) is 0 Å². The van der Waals surface area contributed by atoms with Crippen molar-refractivity contribution >= 4 is 22.8 Å². The molecule has 3 rings (SSSR count). The van der Waals surface area contributed by atoms with Crippen LogP contribution in [0.2, 0.25) is 0 Å². The molecule has 0 bridgehead atoms. The van der Waals surface area contributed by atoms with Crippen LogP contribution in [-0.4, -0.2) is 27.1 Å². The summed E-state index contributed by atoms with van der Waals surface area (Å²) in [6.07, 6.45) is 6.33. The number of aliphatic carboxylic acids is 1. The highest BCUT2D eigenvalue weighted by molar-refractivity contribution is 5.85. The largest absolute Gasteiger partial charge is 0.481 e. The Morgan fingerprint density at radius 1 is 1.32 bits per heavy atom. The standard InChI is InChI=1S/C20H26N2O3/c1-20(12-6-5-8-16(20)19(24)25)21-18(23)11-10-14-13-22(2)17-9-4-3-7-15(14)17/h3-4,7,9,13,16H,5-6,8,10-12H2,1-2H3,(H,21,23)(H,24,25). The Bertz CT molecular complexity index is 795. The first kappa shape index (κ1) is 17.5. The zero-order chi connectivity index (χ0) is 18.0. The normalized spacial score (nSPS) is 23.5. The number of carbonyl (C=O) groups excluding carboxylic acids is 1. The Kier molecular flexibility index (Phi) is 4.84. The average Bonchev–Trinajstić information content (AvgIpc) is 2.89. The predicted octanol–water partition coefficient (Wildman–Crippen LogP) is 3.26. The van der Waals surface area contributed by atoms with Crippen molar-refractivity contribution in [2.24, 2.45) is 13.0 Å². The number of hydrogen-bond donors (Lipinski definition) is 2. The number of nitrogens with one attached hydrogen (secondary N) is 1. The number of fused-ring (bicyclic) bond motifs is 1. The molecule has 1 saturated carbocycles. The van der Waals surface area contributed by atoms with E-state index in [9.17, 15) is 14.7 Å². The SMILES string of the molecule is Cn1cc(CCC(=O)NC2(C)CCCCC2C(=O)O)c2ccccc21. The van der Waals surface area contributed by atoms with Gasteiger partial charge in [0.1, 0.15) is 0 Å². The van der Waals surface area contributed by atoms with Gasteiger partial charge in [-0.25, -0.2) is 0 Å². The van der Waals surface area contributed by atoms with Crippen LogP contribution >= 0.6 is 0 Å². The van der Waals surface area contributed by atoms with Crippen molar-refractivity contribution in [2.75, 3.05) is 0 Å². The van der Waals surface area contributed by atoms with Gasteiger partial charge in [-0.05, 0) is 37.8 Å². The van der Waals surface area contributed by atoms with E-state index in [0.29, 0.717) is 19.3 Å². The van der Waals surface area contributed by atoms with Crippen molar-refractivity contribution in [1.82, 2.24) is 9.88 Å². The second-order valence-corrected chi connectivity index (χ2v) is 7.38. The number of carbonyl (C=O) groups is 2. The molecule has 25 heavy (non-hydrogen) atoms. The van der Waals surface area contributed by atoms with Crippen LogP contribution in [0.5, 0.6) is 0 Å². The van der Waals surface area contributed by atoms with Crippen LogP contribution in [-0.2, 0) is 23.1 Å². The quantitative estimate of drug-likeness (QED) is 0.876. The molecule has 0 radical (unpaired) electrons. The summed E-state index contributed by atoms with van der Waals surface area (Å²) in [5, 5.41) is 13.7. The first-order chi connectivity index (χ1) is 11.9. The Hall–Kier alpha value is -2.30. The Morgan fingerprint density at radius 3 is 2.84 bits per heavy atom. The molecule has 1 aromatic carbocycles. The number of aromatic nitrogens is 1. The molecule has 2 N–H and O–H groups in total. The van der Waals surface area contributed by atoms with Gasteiger partial charge >= 0.3 is 5.97 Å². The summed E-state index contributed by atoms with van der Waals surface area (Å²) in [5.74, 6) is -1.37. The molecule has 2 aromatic rings. The van der Waals surface area contributed by atoms with Crippen molar-refractivity contribution in [2.45, 2.75) is 51.0 Å². The van der Waals surface area contributed by atoms with E-state index < -0.39 is 17.4 Å². The van der Waals surface area contributed by atoms with Crippen molar-refractivity contribution in [3.05, 3.63) is 36.0 Å². The van der Waals surface area contributed by atoms with Gasteiger partial charge in [-0.1, -0.05) is 31.0 Å². The molecule has 1 amide bonds. The summed E-state index contributed by atoms with van der Waals surface area (Å²) in [5.41, 5.74) is 1.67. The number of rotatable bonds is 5. The van der Waals surface area contributed by atoms with E-state index in [1.54, 1.807) is 0 Å². The number of nitrogens with zero attached hydrogens (tertiary/aromatic N) is 1. The third kappa shape index (κ3) is 3.55. The van der Waals surface area contributed by atoms with Gasteiger partial charge in [0.2, 0.25) is 5.91 Å². The van der Waals surface area contributed by atoms with Gasteiger partial charge in [0.15, 0.2) is 0 Å². The molecule has 0 aliphatic heterocycles. The number of carboxylic acid groups (broad SMARTS) is 1. The zero-order valence-corrected chi connectivity index (χ0v) is 14.9. The van der Waals surface area contributed by atoms with E-state index in [1.807, 2.05) is 26.1 Å². The summed E-state index contributed by atoms with van der Waals surface area (Å²) in [6, 6.07) is 8.16. The molecular weight excluding hydrogens is 316 g/mol. The lowest BCUT2D eigenvalue weighted by Crippen LogP contribution is -2.55. The van der Waals surface area contributed by atoms with Crippen LogP contribution in [0.1, 0.15) is 44.6 Å². The number of aryl methyl sites for hydroxylation is 2. The first-order valence-electron chi connectivity index (χ1n) is 8.97. The van der Waals surface area contributed by atoms with E-state index in [0.717, 1.165) is 30.3 Å². The van der Waals surface area contributed by atoms with E-state index in [-0.39, 0.29) is 5.91 Å². The highest BCUT2D eigenvalue weighted by atomic mass is 16.4. The van der Waals surface area contributed by atoms with E-state index >= 15 is 0 Å². The van der Waals surface area contributed by atoms with Gasteiger partial charge in [0.05, 0.1) is 11.5 Å². The first-order valence-corrected chi connectivity index (χ1v) is 8.97. The van der Waals surface area contributed by atoms with Gasteiger partial charge < -0.3 is 15.0 Å². The van der Waals surface area contributed by atoms with Crippen LogP contribution in [0, 0.1) is 5.92 Å². The Balaban J connectivity index is 1.67. The average molecular weight is 342 g/mol. The molecule has 1 aliphatic carbocycles. The second kappa shape index (κ2) is 6.90. The number of hydrogen-bond acceptors (Lipinski definition) is 2. The fraction of sp³-hybridized carbons (Fsp3) is 0.500. The molecule has 5 nitrogen and oxygen atoms in total.